The number of aromatic nitrogens is 2. The van der Waals surface area contributed by atoms with Crippen LogP contribution >= 0.6 is 0 Å². The minimum absolute atomic E-state index is 0.268. The van der Waals surface area contributed by atoms with Crippen molar-refractivity contribution in [1.82, 2.24) is 10.2 Å². The molecule has 3 rings (SSSR count). The molecule has 2 aliphatic carbocycles. The highest BCUT2D eigenvalue weighted by atomic mass is 16.4. The van der Waals surface area contributed by atoms with Crippen LogP contribution in [0.15, 0.2) is 4.42 Å². The molecule has 1 aromatic heterocycles. The molecule has 18 heavy (non-hydrogen) atoms. The minimum Gasteiger partial charge on any atom is -0.474 e. The van der Waals surface area contributed by atoms with Gasteiger partial charge in [0, 0.05) is 5.92 Å². The fourth-order valence-corrected chi connectivity index (χ4v) is 3.58. The van der Waals surface area contributed by atoms with Gasteiger partial charge < -0.3 is 9.52 Å². The fourth-order valence-electron chi connectivity index (χ4n) is 3.58. The lowest BCUT2D eigenvalue weighted by atomic mass is 9.67. The van der Waals surface area contributed by atoms with Gasteiger partial charge in [-0.2, -0.15) is 0 Å². The number of nitrogens with zero attached hydrogens (tertiary/aromatic N) is 2. The first-order valence-electron chi connectivity index (χ1n) is 6.80. The number of fused-ring (bicyclic) bond motifs is 1. The average Bonchev–Trinajstić information content (AvgIpc) is 2.88. The molecule has 3 atom stereocenters. The van der Waals surface area contributed by atoms with Crippen molar-refractivity contribution >= 4 is 5.97 Å². The molecule has 3 unspecified atom stereocenters. The standard InChI is InChI=1S/C13H18N2O3/c16-13(17)12-15-14-11(18-12)10-6-5-8-3-1-2-4-9(8)7-10/h8-10H,1-7H2,(H,16,17). The molecular weight excluding hydrogens is 232 g/mol. The number of hydrogen-bond donors (Lipinski definition) is 1. The lowest BCUT2D eigenvalue weighted by Gasteiger charge is -2.38. The zero-order valence-electron chi connectivity index (χ0n) is 10.3. The first kappa shape index (κ1) is 11.7. The largest absolute Gasteiger partial charge is 0.474 e. The van der Waals surface area contributed by atoms with Crippen molar-refractivity contribution in [3.63, 3.8) is 0 Å². The number of aromatic carboxylic acids is 1. The van der Waals surface area contributed by atoms with Crippen molar-refractivity contribution < 1.29 is 14.3 Å². The highest BCUT2D eigenvalue weighted by molar-refractivity contribution is 5.81. The topological polar surface area (TPSA) is 76.2 Å². The molecule has 0 spiro atoms. The van der Waals surface area contributed by atoms with Gasteiger partial charge in [-0.25, -0.2) is 4.79 Å². The zero-order chi connectivity index (χ0) is 12.5. The van der Waals surface area contributed by atoms with Crippen LogP contribution in [0.5, 0.6) is 0 Å². The Kier molecular flexibility index (Phi) is 3.06. The minimum atomic E-state index is -1.14. The van der Waals surface area contributed by atoms with Crippen LogP contribution in [0.25, 0.3) is 0 Å². The third kappa shape index (κ3) is 2.13. The van der Waals surface area contributed by atoms with Gasteiger partial charge >= 0.3 is 11.9 Å². The van der Waals surface area contributed by atoms with Gasteiger partial charge in [-0.3, -0.25) is 0 Å². The Labute approximate surface area is 106 Å². The second-order valence-corrected chi connectivity index (χ2v) is 5.57. The van der Waals surface area contributed by atoms with E-state index in [0.29, 0.717) is 5.89 Å². The van der Waals surface area contributed by atoms with Crippen molar-refractivity contribution in [2.24, 2.45) is 11.8 Å². The van der Waals surface area contributed by atoms with Crippen LogP contribution in [-0.2, 0) is 0 Å². The third-order valence-electron chi connectivity index (χ3n) is 4.51. The number of carboxylic acids is 1. The van der Waals surface area contributed by atoms with E-state index in [4.69, 9.17) is 9.52 Å². The Morgan fingerprint density at radius 2 is 1.89 bits per heavy atom. The van der Waals surface area contributed by atoms with Gasteiger partial charge in [0.15, 0.2) is 0 Å². The monoisotopic (exact) mass is 250 g/mol. The molecule has 0 aliphatic heterocycles. The molecule has 2 fully saturated rings. The quantitative estimate of drug-likeness (QED) is 0.873. The molecule has 98 valence electrons. The second kappa shape index (κ2) is 4.71. The van der Waals surface area contributed by atoms with Crippen LogP contribution < -0.4 is 0 Å². The van der Waals surface area contributed by atoms with E-state index < -0.39 is 5.97 Å². The Morgan fingerprint density at radius 3 is 2.61 bits per heavy atom. The molecule has 1 heterocycles. The molecule has 5 heteroatoms. The molecule has 2 aliphatic rings. The summed E-state index contributed by atoms with van der Waals surface area (Å²) in [6.07, 6.45) is 8.74. The van der Waals surface area contributed by atoms with E-state index in [2.05, 4.69) is 10.2 Å². The van der Waals surface area contributed by atoms with Crippen molar-refractivity contribution in [1.29, 1.82) is 0 Å². The van der Waals surface area contributed by atoms with Crippen molar-refractivity contribution in [2.45, 2.75) is 50.9 Å². The summed E-state index contributed by atoms with van der Waals surface area (Å²) >= 11 is 0. The van der Waals surface area contributed by atoms with E-state index in [1.807, 2.05) is 0 Å². The molecule has 1 aromatic rings. The SMILES string of the molecule is O=C(O)c1nnc(C2CCC3CCCCC3C2)o1. The number of carbonyl (C=O) groups is 1. The Bertz CT molecular complexity index is 443. The number of carboxylic acid groups (broad SMARTS) is 1. The number of rotatable bonds is 2. The van der Waals surface area contributed by atoms with E-state index in [1.54, 1.807) is 0 Å². The maximum absolute atomic E-state index is 10.7. The Balaban J connectivity index is 1.71. The van der Waals surface area contributed by atoms with E-state index in [-0.39, 0.29) is 11.8 Å². The van der Waals surface area contributed by atoms with Crippen LogP contribution in [0.1, 0.15) is 67.4 Å². The van der Waals surface area contributed by atoms with Crippen LogP contribution in [0, 0.1) is 11.8 Å². The summed E-state index contributed by atoms with van der Waals surface area (Å²) in [6.45, 7) is 0. The van der Waals surface area contributed by atoms with Gasteiger partial charge in [0.05, 0.1) is 0 Å². The second-order valence-electron chi connectivity index (χ2n) is 5.57. The molecule has 0 bridgehead atoms. The molecule has 0 saturated heterocycles. The summed E-state index contributed by atoms with van der Waals surface area (Å²) in [5.41, 5.74) is 0. The molecule has 2 saturated carbocycles. The van der Waals surface area contributed by atoms with Gasteiger partial charge in [-0.15, -0.1) is 10.2 Å². The lowest BCUT2D eigenvalue weighted by molar-refractivity contribution is 0.0648. The lowest BCUT2D eigenvalue weighted by Crippen LogP contribution is -2.26. The smallest absolute Gasteiger partial charge is 0.393 e. The summed E-state index contributed by atoms with van der Waals surface area (Å²) in [5.74, 6) is 1.02. The van der Waals surface area contributed by atoms with E-state index in [0.717, 1.165) is 24.7 Å². The first-order chi connectivity index (χ1) is 8.74. The molecular formula is C13H18N2O3. The van der Waals surface area contributed by atoms with E-state index in [1.165, 1.54) is 32.1 Å². The maximum atomic E-state index is 10.7. The predicted octanol–water partition coefficient (Wildman–Crippen LogP) is 2.84. The molecule has 1 N–H and O–H groups in total. The predicted molar refractivity (Wildman–Crippen MR) is 63.3 cm³/mol. The van der Waals surface area contributed by atoms with Crippen molar-refractivity contribution in [2.75, 3.05) is 0 Å². The summed E-state index contributed by atoms with van der Waals surface area (Å²) in [4.78, 5) is 10.7. The van der Waals surface area contributed by atoms with E-state index >= 15 is 0 Å². The zero-order valence-corrected chi connectivity index (χ0v) is 10.3. The van der Waals surface area contributed by atoms with Crippen molar-refractivity contribution in [3.8, 4) is 0 Å². The third-order valence-corrected chi connectivity index (χ3v) is 4.51. The average molecular weight is 250 g/mol. The first-order valence-corrected chi connectivity index (χ1v) is 6.80. The van der Waals surface area contributed by atoms with Gasteiger partial charge in [-0.05, 0) is 31.1 Å². The molecule has 0 aromatic carbocycles. The van der Waals surface area contributed by atoms with Gasteiger partial charge in [0.25, 0.3) is 0 Å². The molecule has 0 amide bonds. The van der Waals surface area contributed by atoms with Crippen LogP contribution in [0.4, 0.5) is 0 Å². The highest BCUT2D eigenvalue weighted by Crippen LogP contribution is 2.45. The number of hydrogen-bond acceptors (Lipinski definition) is 4. The summed E-state index contributed by atoms with van der Waals surface area (Å²) < 4.78 is 5.24. The van der Waals surface area contributed by atoms with Crippen LogP contribution in [0.3, 0.4) is 0 Å². The van der Waals surface area contributed by atoms with Gasteiger partial charge in [0.2, 0.25) is 5.89 Å². The molecule has 5 nitrogen and oxygen atoms in total. The molecule has 0 radical (unpaired) electrons. The summed E-state index contributed by atoms with van der Waals surface area (Å²) in [6, 6.07) is 0. The van der Waals surface area contributed by atoms with Crippen molar-refractivity contribution in [3.05, 3.63) is 11.8 Å². The Morgan fingerprint density at radius 1 is 1.11 bits per heavy atom. The van der Waals surface area contributed by atoms with E-state index in [9.17, 15) is 4.79 Å². The highest BCUT2D eigenvalue weighted by Gasteiger charge is 2.35. The van der Waals surface area contributed by atoms with Crippen LogP contribution in [-0.4, -0.2) is 21.3 Å². The van der Waals surface area contributed by atoms with Gasteiger partial charge in [0.1, 0.15) is 0 Å². The van der Waals surface area contributed by atoms with Gasteiger partial charge in [-0.1, -0.05) is 25.7 Å². The Hall–Kier alpha value is -1.39. The normalized spacial score (nSPS) is 31.9. The maximum Gasteiger partial charge on any atom is 0.393 e. The summed E-state index contributed by atoms with van der Waals surface area (Å²) in [7, 11) is 0. The fraction of sp³-hybridized carbons (Fsp3) is 0.769. The summed E-state index contributed by atoms with van der Waals surface area (Å²) in [5, 5.41) is 16.3. The van der Waals surface area contributed by atoms with Crippen LogP contribution in [0.2, 0.25) is 0 Å².